The van der Waals surface area contributed by atoms with Crippen molar-refractivity contribution in [2.75, 3.05) is 5.32 Å². The largest absolute Gasteiger partial charge is 0.380 e. The van der Waals surface area contributed by atoms with Gasteiger partial charge in [-0.2, -0.15) is 5.10 Å². The number of carbonyl (C=O) groups is 1. The number of carbonyl (C=O) groups excluding carboxylic acids is 1. The van der Waals surface area contributed by atoms with Crippen molar-refractivity contribution in [2.24, 2.45) is 29.1 Å². The lowest BCUT2D eigenvalue weighted by Gasteiger charge is -2.62. The Morgan fingerprint density at radius 2 is 2.12 bits per heavy atom. The Kier molecular flexibility index (Phi) is 5.35. The van der Waals surface area contributed by atoms with Crippen LogP contribution in [0.4, 0.5) is 5.69 Å². The quantitative estimate of drug-likeness (QED) is 0.747. The molecule has 1 aromatic rings. The topological polar surface area (TPSA) is 64.0 Å². The van der Waals surface area contributed by atoms with E-state index in [2.05, 4.69) is 47.1 Å². The highest BCUT2D eigenvalue weighted by atomic mass is 79.9. The van der Waals surface area contributed by atoms with Gasteiger partial charge in [0.05, 0.1) is 11.9 Å². The van der Waals surface area contributed by atoms with Gasteiger partial charge < -0.3 is 5.32 Å². The molecule has 5 nitrogen and oxygen atoms in total. The highest BCUT2D eigenvalue weighted by Crippen LogP contribution is 2.61. The molecule has 0 unspecified atom stereocenters. The number of nitrogens with one attached hydrogen (secondary N) is 1. The molecule has 0 spiro atoms. The Hall–Kier alpha value is -1.17. The second-order valence-electron chi connectivity index (χ2n) is 9.18. The van der Waals surface area contributed by atoms with Crippen molar-refractivity contribution < 1.29 is 4.79 Å². The fraction of sp³-hybridized carbons (Fsp3) is 0.750. The van der Waals surface area contributed by atoms with Crippen molar-refractivity contribution in [2.45, 2.75) is 66.5 Å². The Labute approximate surface area is 164 Å². The fourth-order valence-corrected chi connectivity index (χ4v) is 5.33. The molecule has 4 atom stereocenters. The lowest BCUT2D eigenvalue weighted by molar-refractivity contribution is -0.120. The van der Waals surface area contributed by atoms with Gasteiger partial charge in [-0.25, -0.2) is 4.68 Å². The number of hydrogen-bond acceptors (Lipinski definition) is 4. The van der Waals surface area contributed by atoms with E-state index < -0.39 is 0 Å². The predicted octanol–water partition coefficient (Wildman–Crippen LogP) is 4.10. The Bertz CT molecular complexity index is 756. The van der Waals surface area contributed by atoms with Gasteiger partial charge in [-0.1, -0.05) is 34.6 Å². The Morgan fingerprint density at radius 3 is 2.69 bits per heavy atom. The summed E-state index contributed by atoms with van der Waals surface area (Å²) in [5.74, 6) is 2.37. The van der Waals surface area contributed by atoms with Crippen LogP contribution in [0, 0.1) is 29.1 Å². The molecule has 0 aliphatic heterocycles. The lowest BCUT2D eigenvalue weighted by Crippen LogP contribution is -2.58. The maximum atomic E-state index is 12.6. The standard InChI is InChI=1S/C20H30BrN3O2/c1-11(2)6-14(25)10-24-19(26)18(21)17(9-22-24)23-16-8-13-7-15(12(16)3)20(13,4)5/h9,11-13,15-16,23H,6-8,10H2,1-5H3/t12-,13-,15+,16-/m1/s1. The highest BCUT2D eigenvalue weighted by Gasteiger charge is 2.56. The molecule has 4 rings (SSSR count). The zero-order valence-corrected chi connectivity index (χ0v) is 18.0. The third-order valence-electron chi connectivity index (χ3n) is 6.64. The molecule has 144 valence electrons. The van der Waals surface area contributed by atoms with E-state index in [1.807, 2.05) is 13.8 Å². The van der Waals surface area contributed by atoms with Gasteiger partial charge >= 0.3 is 0 Å². The molecule has 6 heteroatoms. The molecule has 1 N–H and O–H groups in total. The summed E-state index contributed by atoms with van der Waals surface area (Å²) in [6, 6.07) is 0.364. The number of anilines is 1. The first-order chi connectivity index (χ1) is 12.1. The minimum atomic E-state index is -0.249. The molecule has 0 saturated heterocycles. The van der Waals surface area contributed by atoms with E-state index in [0.29, 0.717) is 28.3 Å². The highest BCUT2D eigenvalue weighted by molar-refractivity contribution is 9.10. The van der Waals surface area contributed by atoms with Crippen molar-refractivity contribution in [3.05, 3.63) is 21.0 Å². The van der Waals surface area contributed by atoms with Gasteiger partial charge in [0.2, 0.25) is 0 Å². The second kappa shape index (κ2) is 7.10. The lowest BCUT2D eigenvalue weighted by atomic mass is 9.45. The van der Waals surface area contributed by atoms with Crippen molar-refractivity contribution >= 4 is 27.4 Å². The summed E-state index contributed by atoms with van der Waals surface area (Å²) >= 11 is 3.42. The summed E-state index contributed by atoms with van der Waals surface area (Å²) in [7, 11) is 0. The van der Waals surface area contributed by atoms with Gasteiger partial charge in [-0.15, -0.1) is 0 Å². The first-order valence-electron chi connectivity index (χ1n) is 9.65. The number of Topliss-reactive ketones (excluding diaryl/α,β-unsaturated/α-hetero) is 1. The van der Waals surface area contributed by atoms with Crippen molar-refractivity contribution in [1.82, 2.24) is 9.78 Å². The normalized spacial score (nSPS) is 29.3. The molecular weight excluding hydrogens is 394 g/mol. The summed E-state index contributed by atoms with van der Waals surface area (Å²) in [5, 5.41) is 7.77. The van der Waals surface area contributed by atoms with Crippen LogP contribution in [0.2, 0.25) is 0 Å². The van der Waals surface area contributed by atoms with E-state index in [0.717, 1.165) is 23.9 Å². The number of halogens is 1. The SMILES string of the molecule is CC(C)CC(=O)Cn1ncc(N[C@@H]2C[C@H]3C[C@@H]([C@H]2C)C3(C)C)c(Br)c1=O. The minimum absolute atomic E-state index is 0.0328. The van der Waals surface area contributed by atoms with Crippen molar-refractivity contribution in [3.8, 4) is 0 Å². The molecule has 1 aromatic heterocycles. The summed E-state index contributed by atoms with van der Waals surface area (Å²) in [5.41, 5.74) is 0.923. The van der Waals surface area contributed by atoms with Crippen LogP contribution in [0.3, 0.4) is 0 Å². The van der Waals surface area contributed by atoms with Crippen molar-refractivity contribution in [3.63, 3.8) is 0 Å². The van der Waals surface area contributed by atoms with Crippen LogP contribution in [0.5, 0.6) is 0 Å². The number of rotatable bonds is 6. The molecule has 1 heterocycles. The number of fused-ring (bicyclic) bond motifs is 2. The maximum Gasteiger partial charge on any atom is 0.283 e. The molecule has 0 aromatic carbocycles. The van der Waals surface area contributed by atoms with Crippen molar-refractivity contribution in [1.29, 1.82) is 0 Å². The monoisotopic (exact) mass is 423 g/mol. The molecule has 3 aliphatic carbocycles. The first-order valence-corrected chi connectivity index (χ1v) is 10.4. The molecule has 0 radical (unpaired) electrons. The number of ketones is 1. The van der Waals surface area contributed by atoms with E-state index in [4.69, 9.17) is 0 Å². The van der Waals surface area contributed by atoms with Gasteiger partial charge in [0.15, 0.2) is 5.78 Å². The van der Waals surface area contributed by atoms with Crippen LogP contribution in [0.25, 0.3) is 0 Å². The van der Waals surface area contributed by atoms with Crippen LogP contribution in [-0.2, 0) is 11.3 Å². The summed E-state index contributed by atoms with van der Waals surface area (Å²) < 4.78 is 1.72. The predicted molar refractivity (Wildman–Crippen MR) is 107 cm³/mol. The first kappa shape index (κ1) is 19.6. The molecular formula is C20H30BrN3O2. The zero-order chi connectivity index (χ0) is 19.2. The Balaban J connectivity index is 1.71. The van der Waals surface area contributed by atoms with E-state index in [-0.39, 0.29) is 23.8 Å². The van der Waals surface area contributed by atoms with Gasteiger partial charge in [-0.05, 0) is 57.9 Å². The van der Waals surface area contributed by atoms with Crippen LogP contribution in [-0.4, -0.2) is 21.6 Å². The molecule has 2 bridgehead atoms. The fourth-order valence-electron chi connectivity index (χ4n) is 4.91. The second-order valence-corrected chi connectivity index (χ2v) is 9.97. The van der Waals surface area contributed by atoms with Gasteiger partial charge in [-0.3, -0.25) is 9.59 Å². The number of nitrogens with zero attached hydrogens (tertiary/aromatic N) is 2. The molecule has 3 aliphatic rings. The summed E-state index contributed by atoms with van der Waals surface area (Å²) in [4.78, 5) is 24.6. The summed E-state index contributed by atoms with van der Waals surface area (Å²) in [6.45, 7) is 11.1. The van der Waals surface area contributed by atoms with E-state index >= 15 is 0 Å². The molecule has 3 fully saturated rings. The van der Waals surface area contributed by atoms with Crippen LogP contribution in [0.15, 0.2) is 15.5 Å². The third-order valence-corrected chi connectivity index (χ3v) is 7.41. The zero-order valence-electron chi connectivity index (χ0n) is 16.4. The average molecular weight is 424 g/mol. The van der Waals surface area contributed by atoms with Gasteiger partial charge in [0.25, 0.3) is 5.56 Å². The number of aromatic nitrogens is 2. The van der Waals surface area contributed by atoms with E-state index in [9.17, 15) is 9.59 Å². The average Bonchev–Trinajstić information content (AvgIpc) is 2.54. The van der Waals surface area contributed by atoms with Gasteiger partial charge in [0, 0.05) is 12.5 Å². The molecule has 26 heavy (non-hydrogen) atoms. The summed E-state index contributed by atoms with van der Waals surface area (Å²) in [6.07, 6.45) is 4.59. The maximum absolute atomic E-state index is 12.6. The molecule has 3 saturated carbocycles. The van der Waals surface area contributed by atoms with Crippen LogP contribution in [0.1, 0.15) is 53.9 Å². The number of hydrogen-bond donors (Lipinski definition) is 1. The third kappa shape index (κ3) is 3.49. The van der Waals surface area contributed by atoms with E-state index in [1.165, 1.54) is 11.1 Å². The van der Waals surface area contributed by atoms with Crippen LogP contribution < -0.4 is 10.9 Å². The molecule has 0 amide bonds. The Morgan fingerprint density at radius 1 is 1.42 bits per heavy atom. The van der Waals surface area contributed by atoms with E-state index in [1.54, 1.807) is 6.20 Å². The smallest absolute Gasteiger partial charge is 0.283 e. The minimum Gasteiger partial charge on any atom is -0.380 e. The van der Waals surface area contributed by atoms with Crippen LogP contribution >= 0.6 is 15.9 Å². The van der Waals surface area contributed by atoms with Gasteiger partial charge in [0.1, 0.15) is 11.0 Å².